The summed E-state index contributed by atoms with van der Waals surface area (Å²) in [5.41, 5.74) is 3.91. The minimum atomic E-state index is -0.940. The summed E-state index contributed by atoms with van der Waals surface area (Å²) in [6.07, 6.45) is 0. The second-order valence-electron chi connectivity index (χ2n) is 5.62. The van der Waals surface area contributed by atoms with Gasteiger partial charge in [-0.25, -0.2) is 4.98 Å². The highest BCUT2D eigenvalue weighted by Gasteiger charge is 2.18. The molecule has 0 spiro atoms. The van der Waals surface area contributed by atoms with E-state index in [1.54, 1.807) is 6.92 Å². The maximum Gasteiger partial charge on any atom is 0.316 e. The quantitative estimate of drug-likeness (QED) is 0.546. The van der Waals surface area contributed by atoms with Crippen LogP contribution in [-0.2, 0) is 4.79 Å². The van der Waals surface area contributed by atoms with Gasteiger partial charge in [0.1, 0.15) is 10.1 Å². The number of thiophene rings is 1. The number of benzene rings is 1. The molecular formula is C17H16N2O3S2. The third-order valence-corrected chi connectivity index (χ3v) is 5.57. The molecule has 1 aromatic carbocycles. The molecule has 0 fully saturated rings. The van der Waals surface area contributed by atoms with Gasteiger partial charge in [0.05, 0.1) is 5.39 Å². The van der Waals surface area contributed by atoms with Gasteiger partial charge in [0.25, 0.3) is 5.56 Å². The molecule has 0 saturated carbocycles. The normalized spacial score (nSPS) is 12.5. The number of H-pyrrole nitrogens is 1. The number of aryl methyl sites for hydroxylation is 2. The van der Waals surface area contributed by atoms with Crippen molar-refractivity contribution in [1.29, 1.82) is 0 Å². The van der Waals surface area contributed by atoms with Gasteiger partial charge < -0.3 is 10.1 Å². The zero-order valence-electron chi connectivity index (χ0n) is 13.4. The summed E-state index contributed by atoms with van der Waals surface area (Å²) in [7, 11) is 0. The van der Waals surface area contributed by atoms with E-state index in [2.05, 4.69) is 16.0 Å². The van der Waals surface area contributed by atoms with Crippen LogP contribution in [0.2, 0.25) is 0 Å². The lowest BCUT2D eigenvalue weighted by Gasteiger charge is -2.07. The van der Waals surface area contributed by atoms with Crippen molar-refractivity contribution in [3.8, 4) is 11.1 Å². The van der Waals surface area contributed by atoms with E-state index in [1.165, 1.54) is 16.9 Å². The fraction of sp³-hybridized carbons (Fsp3) is 0.235. The summed E-state index contributed by atoms with van der Waals surface area (Å²) in [6, 6.07) is 6.12. The number of aliphatic carboxylic acids is 1. The summed E-state index contributed by atoms with van der Waals surface area (Å²) < 4.78 is 0. The zero-order chi connectivity index (χ0) is 17.4. The fourth-order valence-electron chi connectivity index (χ4n) is 2.52. The molecular weight excluding hydrogens is 344 g/mol. The second-order valence-corrected chi connectivity index (χ2v) is 7.80. The van der Waals surface area contributed by atoms with E-state index < -0.39 is 11.2 Å². The molecule has 0 saturated heterocycles. The molecule has 24 heavy (non-hydrogen) atoms. The lowest BCUT2D eigenvalue weighted by molar-refractivity contribution is -0.136. The van der Waals surface area contributed by atoms with Crippen LogP contribution in [0.3, 0.4) is 0 Å². The predicted molar refractivity (Wildman–Crippen MR) is 98.1 cm³/mol. The third kappa shape index (κ3) is 3.09. The van der Waals surface area contributed by atoms with E-state index in [1.807, 2.05) is 31.4 Å². The number of nitrogens with zero attached hydrogens (tertiary/aromatic N) is 1. The van der Waals surface area contributed by atoms with Crippen LogP contribution in [0.15, 0.2) is 33.5 Å². The maximum absolute atomic E-state index is 12.5. The van der Waals surface area contributed by atoms with Gasteiger partial charge in [-0.3, -0.25) is 9.59 Å². The Balaban J connectivity index is 2.10. The Morgan fingerprint density at radius 2 is 2.08 bits per heavy atom. The molecule has 0 bridgehead atoms. The maximum atomic E-state index is 12.5. The van der Waals surface area contributed by atoms with Crippen LogP contribution < -0.4 is 5.56 Å². The molecule has 0 aliphatic heterocycles. The SMILES string of the molecule is Cc1ccc(-c2csc3nc(SC(C)C(=O)O)[nH]c(=O)c23)c(C)c1. The average Bonchev–Trinajstić information content (AvgIpc) is 2.91. The summed E-state index contributed by atoms with van der Waals surface area (Å²) in [5.74, 6) is -0.940. The van der Waals surface area contributed by atoms with Gasteiger partial charge in [0, 0.05) is 10.9 Å². The highest BCUT2D eigenvalue weighted by molar-refractivity contribution is 8.00. The first-order valence-electron chi connectivity index (χ1n) is 7.35. The molecule has 7 heteroatoms. The molecule has 3 aromatic rings. The molecule has 3 rings (SSSR count). The van der Waals surface area contributed by atoms with Gasteiger partial charge in [-0.1, -0.05) is 35.5 Å². The standard InChI is InChI=1S/C17H16N2O3S2/c1-8-4-5-11(9(2)6-8)12-7-23-15-13(12)14(20)18-17(19-15)24-10(3)16(21)22/h4-7,10H,1-3H3,(H,21,22)(H,18,19,20). The molecule has 124 valence electrons. The number of carboxylic acids is 1. The molecule has 0 amide bonds. The van der Waals surface area contributed by atoms with E-state index in [0.717, 1.165) is 28.5 Å². The number of hydrogen-bond acceptors (Lipinski definition) is 5. The minimum absolute atomic E-state index is 0.240. The first kappa shape index (κ1) is 16.7. The number of nitrogens with one attached hydrogen (secondary N) is 1. The Labute approximate surface area is 146 Å². The lowest BCUT2D eigenvalue weighted by Crippen LogP contribution is -2.14. The fourth-order valence-corrected chi connectivity index (χ4v) is 4.24. The zero-order valence-corrected chi connectivity index (χ0v) is 15.0. The number of aromatic nitrogens is 2. The van der Waals surface area contributed by atoms with Crippen molar-refractivity contribution in [2.24, 2.45) is 0 Å². The molecule has 0 aliphatic rings. The molecule has 1 atom stereocenters. The van der Waals surface area contributed by atoms with Gasteiger partial charge >= 0.3 is 5.97 Å². The van der Waals surface area contributed by atoms with Crippen LogP contribution in [0.5, 0.6) is 0 Å². The first-order chi connectivity index (χ1) is 11.4. The Bertz CT molecular complexity index is 991. The van der Waals surface area contributed by atoms with Crippen molar-refractivity contribution < 1.29 is 9.90 Å². The highest BCUT2D eigenvalue weighted by Crippen LogP contribution is 2.34. The van der Waals surface area contributed by atoms with Crippen molar-refractivity contribution in [3.05, 3.63) is 45.1 Å². The van der Waals surface area contributed by atoms with Crippen molar-refractivity contribution in [3.63, 3.8) is 0 Å². The monoisotopic (exact) mass is 360 g/mol. The van der Waals surface area contributed by atoms with Gasteiger partial charge in [0.2, 0.25) is 0 Å². The Kier molecular flexibility index (Phi) is 4.47. The topological polar surface area (TPSA) is 83.0 Å². The van der Waals surface area contributed by atoms with Crippen molar-refractivity contribution in [2.75, 3.05) is 0 Å². The lowest BCUT2D eigenvalue weighted by atomic mass is 9.99. The van der Waals surface area contributed by atoms with Crippen LogP contribution in [0.4, 0.5) is 0 Å². The molecule has 2 N–H and O–H groups in total. The van der Waals surface area contributed by atoms with E-state index in [0.29, 0.717) is 15.4 Å². The third-order valence-electron chi connectivity index (χ3n) is 3.73. The molecule has 2 heterocycles. The molecule has 0 radical (unpaired) electrons. The number of carboxylic acid groups (broad SMARTS) is 1. The Hall–Kier alpha value is -2.12. The summed E-state index contributed by atoms with van der Waals surface area (Å²) in [4.78, 5) is 31.2. The van der Waals surface area contributed by atoms with Crippen molar-refractivity contribution in [1.82, 2.24) is 9.97 Å². The molecule has 1 unspecified atom stereocenters. The number of fused-ring (bicyclic) bond motifs is 1. The van der Waals surface area contributed by atoms with E-state index in [4.69, 9.17) is 5.11 Å². The molecule has 0 aliphatic carbocycles. The minimum Gasteiger partial charge on any atom is -0.480 e. The van der Waals surface area contributed by atoms with E-state index in [9.17, 15) is 9.59 Å². The van der Waals surface area contributed by atoms with Crippen LogP contribution in [-0.4, -0.2) is 26.3 Å². The first-order valence-corrected chi connectivity index (χ1v) is 9.11. The van der Waals surface area contributed by atoms with Crippen LogP contribution in [0.25, 0.3) is 21.3 Å². The highest BCUT2D eigenvalue weighted by atomic mass is 32.2. The second kappa shape index (κ2) is 6.41. The van der Waals surface area contributed by atoms with Crippen molar-refractivity contribution in [2.45, 2.75) is 31.2 Å². The van der Waals surface area contributed by atoms with Gasteiger partial charge in [-0.05, 0) is 31.9 Å². The summed E-state index contributed by atoms with van der Waals surface area (Å²) in [6.45, 7) is 5.61. The number of rotatable bonds is 4. The smallest absolute Gasteiger partial charge is 0.316 e. The summed E-state index contributed by atoms with van der Waals surface area (Å²) in [5, 5.41) is 11.1. The Morgan fingerprint density at radius 1 is 1.33 bits per heavy atom. The van der Waals surface area contributed by atoms with Gasteiger partial charge in [0.15, 0.2) is 5.16 Å². The molecule has 5 nitrogen and oxygen atoms in total. The number of carbonyl (C=O) groups is 1. The van der Waals surface area contributed by atoms with E-state index in [-0.39, 0.29) is 5.56 Å². The number of aromatic amines is 1. The largest absolute Gasteiger partial charge is 0.480 e. The number of hydrogen-bond donors (Lipinski definition) is 2. The van der Waals surface area contributed by atoms with Crippen molar-refractivity contribution >= 4 is 39.3 Å². The number of thioether (sulfide) groups is 1. The van der Waals surface area contributed by atoms with Crippen LogP contribution in [0, 0.1) is 13.8 Å². The van der Waals surface area contributed by atoms with E-state index >= 15 is 0 Å². The summed E-state index contributed by atoms with van der Waals surface area (Å²) >= 11 is 2.42. The van der Waals surface area contributed by atoms with Crippen LogP contribution >= 0.6 is 23.1 Å². The van der Waals surface area contributed by atoms with Crippen LogP contribution in [0.1, 0.15) is 18.1 Å². The molecule has 2 aromatic heterocycles. The predicted octanol–water partition coefficient (Wildman–Crippen LogP) is 3.83. The average molecular weight is 360 g/mol. The van der Waals surface area contributed by atoms with Gasteiger partial charge in [-0.2, -0.15) is 0 Å². The van der Waals surface area contributed by atoms with Gasteiger partial charge in [-0.15, -0.1) is 11.3 Å². The Morgan fingerprint density at radius 3 is 2.75 bits per heavy atom.